The Hall–Kier alpha value is -2.76. The van der Waals surface area contributed by atoms with E-state index in [1.807, 2.05) is 24.3 Å². The number of fused-ring (bicyclic) bond motifs is 1. The van der Waals surface area contributed by atoms with Gasteiger partial charge in [-0.15, -0.1) is 0 Å². The fourth-order valence-electron chi connectivity index (χ4n) is 2.08. The summed E-state index contributed by atoms with van der Waals surface area (Å²) in [6, 6.07) is 10.6. The molecule has 0 saturated heterocycles. The van der Waals surface area contributed by atoms with Gasteiger partial charge in [0.25, 0.3) is 0 Å². The summed E-state index contributed by atoms with van der Waals surface area (Å²) >= 11 is 0. The van der Waals surface area contributed by atoms with E-state index in [1.165, 1.54) is 0 Å². The van der Waals surface area contributed by atoms with Gasteiger partial charge in [-0.2, -0.15) is 0 Å². The summed E-state index contributed by atoms with van der Waals surface area (Å²) in [7, 11) is 0. The number of hydrogen-bond donors (Lipinski definition) is 0. The molecule has 2 rings (SSSR count). The molecular formula is C20H24O6. The number of carbonyl (C=O) groups is 2. The Morgan fingerprint density at radius 3 is 1.35 bits per heavy atom. The highest BCUT2D eigenvalue weighted by atomic mass is 16.8. The van der Waals surface area contributed by atoms with E-state index in [-0.39, 0.29) is 11.5 Å². The predicted octanol–water partition coefficient (Wildman–Crippen LogP) is 5.47. The van der Waals surface area contributed by atoms with E-state index in [0.717, 1.165) is 10.8 Å². The first kappa shape index (κ1) is 19.6. The molecule has 2 aromatic carbocycles. The largest absolute Gasteiger partial charge is 0.514 e. The topological polar surface area (TPSA) is 71.1 Å². The van der Waals surface area contributed by atoms with Crippen LogP contribution in [-0.4, -0.2) is 23.5 Å². The Labute approximate surface area is 153 Å². The number of benzene rings is 2. The average Bonchev–Trinajstić information content (AvgIpc) is 2.43. The maximum Gasteiger partial charge on any atom is 0.514 e. The highest BCUT2D eigenvalue weighted by molar-refractivity contribution is 5.87. The summed E-state index contributed by atoms with van der Waals surface area (Å²) in [6.07, 6.45) is -1.77. The fourth-order valence-corrected chi connectivity index (χ4v) is 2.08. The Morgan fingerprint density at radius 1 is 0.692 bits per heavy atom. The van der Waals surface area contributed by atoms with Gasteiger partial charge in [-0.1, -0.05) is 24.3 Å². The third-order valence-corrected chi connectivity index (χ3v) is 2.98. The zero-order valence-electron chi connectivity index (χ0n) is 15.9. The van der Waals surface area contributed by atoms with E-state index in [1.54, 1.807) is 53.7 Å². The van der Waals surface area contributed by atoms with E-state index < -0.39 is 23.5 Å². The molecule has 2 aromatic rings. The smallest absolute Gasteiger partial charge is 0.428 e. The zero-order chi connectivity index (χ0) is 19.5. The first-order valence-corrected chi connectivity index (χ1v) is 8.27. The standard InChI is InChI=1S/C20H24O6/c1-19(2,3)25-17(21)23-15-11-13-9-7-8-10-14(13)12-16(15)24-18(22)26-20(4,5)6/h7-12H,1-6H3. The molecule has 0 aromatic heterocycles. The summed E-state index contributed by atoms with van der Waals surface area (Å²) in [4.78, 5) is 24.0. The molecule has 0 amide bonds. The van der Waals surface area contributed by atoms with E-state index in [9.17, 15) is 9.59 Å². The number of ether oxygens (including phenoxy) is 4. The second-order valence-corrected chi connectivity index (χ2v) is 7.78. The fraction of sp³-hybridized carbons (Fsp3) is 0.400. The lowest BCUT2D eigenvalue weighted by Gasteiger charge is -2.21. The van der Waals surface area contributed by atoms with Crippen LogP contribution in [0.3, 0.4) is 0 Å². The first-order chi connectivity index (χ1) is 11.9. The second-order valence-electron chi connectivity index (χ2n) is 7.78. The van der Waals surface area contributed by atoms with Crippen LogP contribution < -0.4 is 9.47 Å². The Morgan fingerprint density at radius 2 is 1.04 bits per heavy atom. The maximum absolute atomic E-state index is 12.0. The number of rotatable bonds is 2. The van der Waals surface area contributed by atoms with Crippen molar-refractivity contribution in [1.82, 2.24) is 0 Å². The molecule has 0 atom stereocenters. The van der Waals surface area contributed by atoms with Crippen LogP contribution in [0.5, 0.6) is 11.5 Å². The Kier molecular flexibility index (Phi) is 5.44. The van der Waals surface area contributed by atoms with Crippen LogP contribution in [-0.2, 0) is 9.47 Å². The van der Waals surface area contributed by atoms with Gasteiger partial charge in [-0.25, -0.2) is 9.59 Å². The van der Waals surface area contributed by atoms with Gasteiger partial charge in [-0.3, -0.25) is 0 Å². The Balaban J connectivity index is 2.33. The normalized spacial score (nSPS) is 11.8. The van der Waals surface area contributed by atoms with Crippen molar-refractivity contribution >= 4 is 23.1 Å². The molecule has 0 saturated carbocycles. The lowest BCUT2D eigenvalue weighted by Crippen LogP contribution is -2.27. The molecule has 0 aliphatic rings. The summed E-state index contributed by atoms with van der Waals surface area (Å²) in [5.74, 6) is 0.146. The van der Waals surface area contributed by atoms with Crippen LogP contribution in [0.4, 0.5) is 9.59 Å². The molecule has 0 aliphatic carbocycles. The van der Waals surface area contributed by atoms with Crippen LogP contribution in [0.1, 0.15) is 41.5 Å². The van der Waals surface area contributed by atoms with Crippen molar-refractivity contribution in [1.29, 1.82) is 0 Å². The molecular weight excluding hydrogens is 336 g/mol. The maximum atomic E-state index is 12.0. The molecule has 140 valence electrons. The van der Waals surface area contributed by atoms with Crippen LogP contribution >= 0.6 is 0 Å². The SMILES string of the molecule is CC(C)(C)OC(=O)Oc1cc2ccccc2cc1OC(=O)OC(C)(C)C. The number of hydrogen-bond acceptors (Lipinski definition) is 6. The molecule has 0 heterocycles. The van der Waals surface area contributed by atoms with Gasteiger partial charge in [0.05, 0.1) is 0 Å². The number of carbonyl (C=O) groups excluding carboxylic acids is 2. The molecule has 0 fully saturated rings. The van der Waals surface area contributed by atoms with Crippen LogP contribution in [0, 0.1) is 0 Å². The minimum absolute atomic E-state index is 0.0730. The van der Waals surface area contributed by atoms with E-state index in [0.29, 0.717) is 0 Å². The molecule has 0 radical (unpaired) electrons. The minimum atomic E-state index is -0.887. The molecule has 0 aliphatic heterocycles. The molecule has 6 nitrogen and oxygen atoms in total. The lowest BCUT2D eigenvalue weighted by atomic mass is 10.1. The summed E-state index contributed by atoms with van der Waals surface area (Å²) in [5.41, 5.74) is -1.42. The van der Waals surface area contributed by atoms with Crippen molar-refractivity contribution in [3.05, 3.63) is 36.4 Å². The van der Waals surface area contributed by atoms with Crippen LogP contribution in [0.15, 0.2) is 36.4 Å². The molecule has 0 bridgehead atoms. The van der Waals surface area contributed by atoms with E-state index in [4.69, 9.17) is 18.9 Å². The summed E-state index contributed by atoms with van der Waals surface area (Å²) < 4.78 is 20.9. The quantitative estimate of drug-likeness (QED) is 0.522. The molecule has 6 heteroatoms. The van der Waals surface area contributed by atoms with E-state index in [2.05, 4.69) is 0 Å². The van der Waals surface area contributed by atoms with Crippen LogP contribution in [0.25, 0.3) is 10.8 Å². The molecule has 26 heavy (non-hydrogen) atoms. The highest BCUT2D eigenvalue weighted by Gasteiger charge is 2.23. The van der Waals surface area contributed by atoms with Gasteiger partial charge in [0.2, 0.25) is 0 Å². The average molecular weight is 360 g/mol. The van der Waals surface area contributed by atoms with Crippen LogP contribution in [0.2, 0.25) is 0 Å². The van der Waals surface area contributed by atoms with Gasteiger partial charge >= 0.3 is 12.3 Å². The van der Waals surface area contributed by atoms with E-state index >= 15 is 0 Å². The van der Waals surface area contributed by atoms with Gasteiger partial charge in [0, 0.05) is 0 Å². The van der Waals surface area contributed by atoms with Crippen molar-refractivity contribution in [2.24, 2.45) is 0 Å². The molecule has 0 spiro atoms. The summed E-state index contributed by atoms with van der Waals surface area (Å²) in [6.45, 7) is 10.4. The lowest BCUT2D eigenvalue weighted by molar-refractivity contribution is 0.0138. The van der Waals surface area contributed by atoms with Crippen molar-refractivity contribution in [3.8, 4) is 11.5 Å². The van der Waals surface area contributed by atoms with Gasteiger partial charge in [-0.05, 0) is 64.4 Å². The monoisotopic (exact) mass is 360 g/mol. The zero-order valence-corrected chi connectivity index (χ0v) is 15.9. The molecule has 0 N–H and O–H groups in total. The van der Waals surface area contributed by atoms with Gasteiger partial charge < -0.3 is 18.9 Å². The van der Waals surface area contributed by atoms with Gasteiger partial charge in [0.1, 0.15) is 11.2 Å². The predicted molar refractivity (Wildman–Crippen MR) is 97.7 cm³/mol. The van der Waals surface area contributed by atoms with Crippen molar-refractivity contribution in [3.63, 3.8) is 0 Å². The highest BCUT2D eigenvalue weighted by Crippen LogP contribution is 2.33. The summed E-state index contributed by atoms with van der Waals surface area (Å²) in [5, 5.41) is 1.64. The van der Waals surface area contributed by atoms with Crippen molar-refractivity contribution < 1.29 is 28.5 Å². The first-order valence-electron chi connectivity index (χ1n) is 8.27. The Bertz CT molecular complexity index is 743. The second kappa shape index (κ2) is 7.23. The van der Waals surface area contributed by atoms with Crippen molar-refractivity contribution in [2.75, 3.05) is 0 Å². The van der Waals surface area contributed by atoms with Crippen molar-refractivity contribution in [2.45, 2.75) is 52.7 Å². The third kappa shape index (κ3) is 5.95. The molecule has 0 unspecified atom stereocenters. The van der Waals surface area contributed by atoms with Gasteiger partial charge in [0.15, 0.2) is 11.5 Å². The minimum Gasteiger partial charge on any atom is -0.428 e. The third-order valence-electron chi connectivity index (χ3n) is 2.98.